The Hall–Kier alpha value is -1.79. The first kappa shape index (κ1) is 20.5. The fraction of sp³-hybridized carbons (Fsp3) is 0.579. The quantitative estimate of drug-likeness (QED) is 0.371. The summed E-state index contributed by atoms with van der Waals surface area (Å²) >= 11 is 6.03. The van der Waals surface area contributed by atoms with Gasteiger partial charge >= 0.3 is 0 Å². The molecule has 1 saturated carbocycles. The van der Waals surface area contributed by atoms with Crippen molar-refractivity contribution >= 4 is 23.5 Å². The molecular weight excluding hydrogens is 352 g/mol. The Kier molecular flexibility index (Phi) is 8.71. The maximum absolute atomic E-state index is 12.1. The second-order valence-electron chi connectivity index (χ2n) is 6.41. The summed E-state index contributed by atoms with van der Waals surface area (Å²) < 4.78 is 5.68. The second-order valence-corrected chi connectivity index (χ2v) is 6.82. The van der Waals surface area contributed by atoms with Crippen LogP contribution >= 0.6 is 11.6 Å². The number of carbonyl (C=O) groups is 1. The second kappa shape index (κ2) is 11.0. The minimum Gasteiger partial charge on any atom is -0.379 e. The molecule has 0 unspecified atom stereocenters. The minimum atomic E-state index is -0.183. The molecule has 0 bridgehead atoms. The molecule has 1 aliphatic rings. The molecule has 0 saturated heterocycles. The van der Waals surface area contributed by atoms with E-state index in [2.05, 4.69) is 15.6 Å². The zero-order chi connectivity index (χ0) is 18.8. The van der Waals surface area contributed by atoms with Gasteiger partial charge in [0.1, 0.15) is 0 Å². The SMILES string of the molecule is CCNC(=NCCNC(=O)c1ccccc1Cl)N(C)CCOCC1CC1. The average Bonchev–Trinajstić information content (AvgIpc) is 3.45. The predicted octanol–water partition coefficient (Wildman–Crippen LogP) is 2.39. The smallest absolute Gasteiger partial charge is 0.252 e. The number of amides is 1. The van der Waals surface area contributed by atoms with Gasteiger partial charge in [0, 0.05) is 33.3 Å². The van der Waals surface area contributed by atoms with Crippen molar-refractivity contribution in [3.8, 4) is 0 Å². The van der Waals surface area contributed by atoms with Crippen molar-refractivity contribution in [1.29, 1.82) is 0 Å². The summed E-state index contributed by atoms with van der Waals surface area (Å²) in [6.45, 7) is 6.11. The molecular formula is C19H29ClN4O2. The summed E-state index contributed by atoms with van der Waals surface area (Å²) in [5.41, 5.74) is 0.481. The summed E-state index contributed by atoms with van der Waals surface area (Å²) in [6, 6.07) is 7.01. The van der Waals surface area contributed by atoms with Crippen LogP contribution in [-0.4, -0.2) is 63.2 Å². The summed E-state index contributed by atoms with van der Waals surface area (Å²) in [4.78, 5) is 18.7. The third kappa shape index (κ3) is 7.22. The van der Waals surface area contributed by atoms with E-state index >= 15 is 0 Å². The Morgan fingerprint density at radius 2 is 2.12 bits per heavy atom. The molecule has 0 heterocycles. The molecule has 0 radical (unpaired) electrons. The maximum Gasteiger partial charge on any atom is 0.252 e. The fourth-order valence-electron chi connectivity index (χ4n) is 2.38. The van der Waals surface area contributed by atoms with Gasteiger partial charge in [-0.05, 0) is 37.8 Å². The summed E-state index contributed by atoms with van der Waals surface area (Å²) in [7, 11) is 1.99. The topological polar surface area (TPSA) is 66.0 Å². The number of carbonyl (C=O) groups excluding carboxylic acids is 1. The number of ether oxygens (including phenoxy) is 1. The Morgan fingerprint density at radius 3 is 2.81 bits per heavy atom. The predicted molar refractivity (Wildman–Crippen MR) is 106 cm³/mol. The van der Waals surface area contributed by atoms with E-state index in [4.69, 9.17) is 16.3 Å². The minimum absolute atomic E-state index is 0.183. The summed E-state index contributed by atoms with van der Waals surface area (Å²) in [5, 5.41) is 6.56. The molecule has 144 valence electrons. The van der Waals surface area contributed by atoms with Gasteiger partial charge in [0.05, 0.1) is 23.7 Å². The number of rotatable bonds is 10. The molecule has 0 aliphatic heterocycles. The van der Waals surface area contributed by atoms with Gasteiger partial charge in [-0.1, -0.05) is 23.7 Å². The fourth-order valence-corrected chi connectivity index (χ4v) is 2.60. The van der Waals surface area contributed by atoms with E-state index in [1.165, 1.54) is 12.8 Å². The van der Waals surface area contributed by atoms with Gasteiger partial charge in [-0.3, -0.25) is 9.79 Å². The molecule has 1 aliphatic carbocycles. The van der Waals surface area contributed by atoms with Crippen molar-refractivity contribution in [2.75, 3.05) is 46.4 Å². The first-order valence-electron chi connectivity index (χ1n) is 9.21. The molecule has 0 atom stereocenters. The van der Waals surface area contributed by atoms with Crippen molar-refractivity contribution in [3.05, 3.63) is 34.9 Å². The standard InChI is InChI=1S/C19H29ClN4O2/c1-3-21-19(24(2)12-13-26-14-15-8-9-15)23-11-10-22-18(25)16-6-4-5-7-17(16)20/h4-7,15H,3,8-14H2,1-2H3,(H,21,23)(H,22,25). The lowest BCUT2D eigenvalue weighted by molar-refractivity contribution is 0.0955. The van der Waals surface area contributed by atoms with E-state index in [0.29, 0.717) is 30.3 Å². The number of hydrogen-bond donors (Lipinski definition) is 2. The van der Waals surface area contributed by atoms with Crippen LogP contribution in [0.1, 0.15) is 30.1 Å². The lowest BCUT2D eigenvalue weighted by atomic mass is 10.2. The maximum atomic E-state index is 12.1. The number of nitrogens with one attached hydrogen (secondary N) is 2. The van der Waals surface area contributed by atoms with Crippen LogP contribution in [0.4, 0.5) is 0 Å². The lowest BCUT2D eigenvalue weighted by Gasteiger charge is -2.22. The molecule has 0 spiro atoms. The first-order chi connectivity index (χ1) is 12.6. The van der Waals surface area contributed by atoms with E-state index in [1.807, 2.05) is 18.9 Å². The molecule has 2 N–H and O–H groups in total. The number of guanidine groups is 1. The third-order valence-corrected chi connectivity index (χ3v) is 4.42. The number of halogens is 1. The highest BCUT2D eigenvalue weighted by atomic mass is 35.5. The van der Waals surface area contributed by atoms with Gasteiger partial charge in [0.15, 0.2) is 5.96 Å². The number of likely N-dealkylation sites (N-methyl/N-ethyl adjacent to an activating group) is 1. The zero-order valence-electron chi connectivity index (χ0n) is 15.6. The van der Waals surface area contributed by atoms with Crippen LogP contribution in [0.15, 0.2) is 29.3 Å². The highest BCUT2D eigenvalue weighted by Crippen LogP contribution is 2.28. The molecule has 7 heteroatoms. The van der Waals surface area contributed by atoms with E-state index < -0.39 is 0 Å². The Morgan fingerprint density at radius 1 is 1.35 bits per heavy atom. The van der Waals surface area contributed by atoms with Crippen LogP contribution in [0.2, 0.25) is 5.02 Å². The molecule has 0 aromatic heterocycles. The Bertz CT molecular complexity index is 605. The van der Waals surface area contributed by atoms with Gasteiger partial charge < -0.3 is 20.3 Å². The van der Waals surface area contributed by atoms with E-state index in [9.17, 15) is 4.79 Å². The Labute approximate surface area is 161 Å². The lowest BCUT2D eigenvalue weighted by Crippen LogP contribution is -2.41. The monoisotopic (exact) mass is 380 g/mol. The van der Waals surface area contributed by atoms with Gasteiger partial charge in [-0.2, -0.15) is 0 Å². The van der Waals surface area contributed by atoms with Crippen LogP contribution in [0.5, 0.6) is 0 Å². The number of aliphatic imine (C=N–C) groups is 1. The number of nitrogens with zero attached hydrogens (tertiary/aromatic N) is 2. The van der Waals surface area contributed by atoms with E-state index in [1.54, 1.807) is 24.3 Å². The van der Waals surface area contributed by atoms with Gasteiger partial charge in [0.2, 0.25) is 0 Å². The van der Waals surface area contributed by atoms with E-state index in [0.717, 1.165) is 31.6 Å². The number of benzene rings is 1. The molecule has 2 rings (SSSR count). The number of hydrogen-bond acceptors (Lipinski definition) is 3. The van der Waals surface area contributed by atoms with Crippen molar-refractivity contribution < 1.29 is 9.53 Å². The van der Waals surface area contributed by atoms with E-state index in [-0.39, 0.29) is 5.91 Å². The molecule has 1 fully saturated rings. The van der Waals surface area contributed by atoms with Gasteiger partial charge in [0.25, 0.3) is 5.91 Å². The zero-order valence-corrected chi connectivity index (χ0v) is 16.4. The van der Waals surface area contributed by atoms with Crippen LogP contribution in [0, 0.1) is 5.92 Å². The third-order valence-electron chi connectivity index (χ3n) is 4.10. The van der Waals surface area contributed by atoms with Crippen LogP contribution in [0.3, 0.4) is 0 Å². The van der Waals surface area contributed by atoms with Crippen LogP contribution < -0.4 is 10.6 Å². The molecule has 1 aromatic carbocycles. The van der Waals surface area contributed by atoms with Crippen molar-refractivity contribution in [2.45, 2.75) is 19.8 Å². The summed E-state index contributed by atoms with van der Waals surface area (Å²) in [6.07, 6.45) is 2.61. The highest BCUT2D eigenvalue weighted by molar-refractivity contribution is 6.33. The molecule has 1 aromatic rings. The molecule has 6 nitrogen and oxygen atoms in total. The Balaban J connectivity index is 1.72. The molecule has 1 amide bonds. The van der Waals surface area contributed by atoms with Crippen LogP contribution in [0.25, 0.3) is 0 Å². The van der Waals surface area contributed by atoms with Crippen molar-refractivity contribution in [3.63, 3.8) is 0 Å². The summed E-state index contributed by atoms with van der Waals surface area (Å²) in [5.74, 6) is 1.41. The normalized spacial score (nSPS) is 14.2. The highest BCUT2D eigenvalue weighted by Gasteiger charge is 2.21. The average molecular weight is 381 g/mol. The van der Waals surface area contributed by atoms with Gasteiger partial charge in [-0.15, -0.1) is 0 Å². The largest absolute Gasteiger partial charge is 0.379 e. The van der Waals surface area contributed by atoms with Crippen molar-refractivity contribution in [1.82, 2.24) is 15.5 Å². The van der Waals surface area contributed by atoms with Gasteiger partial charge in [-0.25, -0.2) is 0 Å². The first-order valence-corrected chi connectivity index (χ1v) is 9.59. The van der Waals surface area contributed by atoms with Crippen LogP contribution in [-0.2, 0) is 4.74 Å². The van der Waals surface area contributed by atoms with Crippen molar-refractivity contribution in [2.24, 2.45) is 10.9 Å². The molecule has 26 heavy (non-hydrogen) atoms.